The van der Waals surface area contributed by atoms with Crippen LogP contribution in [0, 0.1) is 0 Å². The zero-order valence-electron chi connectivity index (χ0n) is 27.8. The van der Waals surface area contributed by atoms with Crippen LogP contribution in [-0.4, -0.2) is 0 Å². The summed E-state index contributed by atoms with van der Waals surface area (Å²) in [6.07, 6.45) is 0. The summed E-state index contributed by atoms with van der Waals surface area (Å²) in [7, 11) is 0. The fourth-order valence-electron chi connectivity index (χ4n) is 9.04. The summed E-state index contributed by atoms with van der Waals surface area (Å²) >= 11 is 1.87. The van der Waals surface area contributed by atoms with Crippen molar-refractivity contribution in [3.8, 4) is 33.4 Å². The highest BCUT2D eigenvalue weighted by atomic mass is 32.1. The highest BCUT2D eigenvalue weighted by molar-refractivity contribution is 7.25. The van der Waals surface area contributed by atoms with Crippen molar-refractivity contribution >= 4 is 48.6 Å². The minimum absolute atomic E-state index is 0.361. The van der Waals surface area contributed by atoms with E-state index in [0.29, 0.717) is 0 Å². The first kappa shape index (κ1) is 28.6. The van der Waals surface area contributed by atoms with Crippen molar-refractivity contribution < 1.29 is 0 Å². The standard InChI is InChI=1S/C49H31NS/c1-2-14-32(15-3-1)35-16-7-12-24-46(35)50(34-26-28-40-39-20-8-13-25-47(39)51-48(40)31-34)33-27-29-45-41(30-33)38-19-6-11-23-44(38)49(45)42-21-9-4-17-36(42)37-18-5-10-22-43(37)49/h1-31H. The molecule has 0 saturated heterocycles. The van der Waals surface area contributed by atoms with Gasteiger partial charge in [-0.25, -0.2) is 0 Å². The van der Waals surface area contributed by atoms with Crippen LogP contribution in [0.1, 0.15) is 22.3 Å². The van der Waals surface area contributed by atoms with Gasteiger partial charge in [-0.2, -0.15) is 0 Å². The van der Waals surface area contributed by atoms with Gasteiger partial charge in [0, 0.05) is 37.1 Å². The maximum atomic E-state index is 2.47. The maximum absolute atomic E-state index is 2.47. The number of benzene rings is 8. The lowest BCUT2D eigenvalue weighted by molar-refractivity contribution is 0.794. The van der Waals surface area contributed by atoms with Crippen molar-refractivity contribution in [3.63, 3.8) is 0 Å². The Morgan fingerprint density at radius 1 is 0.353 bits per heavy atom. The second-order valence-corrected chi connectivity index (χ2v) is 14.7. The van der Waals surface area contributed by atoms with Crippen LogP contribution in [0.25, 0.3) is 53.6 Å². The van der Waals surface area contributed by atoms with Crippen molar-refractivity contribution in [3.05, 3.63) is 210 Å². The number of thiophene rings is 1. The molecular weight excluding hydrogens is 635 g/mol. The number of hydrogen-bond donors (Lipinski definition) is 0. The maximum Gasteiger partial charge on any atom is 0.0725 e. The van der Waals surface area contributed by atoms with Crippen LogP contribution in [0.15, 0.2) is 188 Å². The van der Waals surface area contributed by atoms with Crippen LogP contribution in [0.2, 0.25) is 0 Å². The molecule has 1 heterocycles. The molecule has 0 atom stereocenters. The van der Waals surface area contributed by atoms with Gasteiger partial charge in [0.15, 0.2) is 0 Å². The first-order valence-electron chi connectivity index (χ1n) is 17.6. The summed E-state index contributed by atoms with van der Waals surface area (Å²) in [4.78, 5) is 2.47. The third-order valence-electron chi connectivity index (χ3n) is 11.1. The summed E-state index contributed by atoms with van der Waals surface area (Å²) in [5.41, 5.74) is 16.2. The lowest BCUT2D eigenvalue weighted by Crippen LogP contribution is -2.25. The fraction of sp³-hybridized carbons (Fsp3) is 0.0204. The second-order valence-electron chi connectivity index (χ2n) is 13.6. The van der Waals surface area contributed by atoms with E-state index in [9.17, 15) is 0 Å². The van der Waals surface area contributed by atoms with Crippen molar-refractivity contribution in [2.75, 3.05) is 4.90 Å². The second kappa shape index (κ2) is 10.9. The molecule has 2 aliphatic carbocycles. The lowest BCUT2D eigenvalue weighted by Gasteiger charge is -2.31. The van der Waals surface area contributed by atoms with Gasteiger partial charge in [0.05, 0.1) is 11.1 Å². The highest BCUT2D eigenvalue weighted by Crippen LogP contribution is 2.63. The number of fused-ring (bicyclic) bond motifs is 13. The van der Waals surface area contributed by atoms with Crippen molar-refractivity contribution in [2.45, 2.75) is 5.41 Å². The summed E-state index contributed by atoms with van der Waals surface area (Å²) < 4.78 is 2.61. The van der Waals surface area contributed by atoms with Crippen LogP contribution in [0.4, 0.5) is 17.1 Å². The minimum atomic E-state index is -0.361. The van der Waals surface area contributed by atoms with Gasteiger partial charge >= 0.3 is 0 Å². The molecule has 0 aliphatic heterocycles. The zero-order chi connectivity index (χ0) is 33.5. The molecule has 0 saturated carbocycles. The molecule has 1 spiro atoms. The Bertz CT molecular complexity index is 2780. The van der Waals surface area contributed by atoms with E-state index in [-0.39, 0.29) is 5.41 Å². The third-order valence-corrected chi connectivity index (χ3v) is 12.2. The van der Waals surface area contributed by atoms with Gasteiger partial charge in [0.1, 0.15) is 0 Å². The van der Waals surface area contributed by atoms with E-state index >= 15 is 0 Å². The zero-order valence-corrected chi connectivity index (χ0v) is 28.6. The summed E-state index contributed by atoms with van der Waals surface area (Å²) in [5.74, 6) is 0. The van der Waals surface area contributed by atoms with Crippen LogP contribution >= 0.6 is 11.3 Å². The molecule has 2 aliphatic rings. The molecular formula is C49H31NS. The normalized spacial score (nSPS) is 13.3. The van der Waals surface area contributed by atoms with Crippen LogP contribution in [0.3, 0.4) is 0 Å². The Morgan fingerprint density at radius 2 is 0.863 bits per heavy atom. The van der Waals surface area contributed by atoms with Crippen molar-refractivity contribution in [1.82, 2.24) is 0 Å². The predicted octanol–water partition coefficient (Wildman–Crippen LogP) is 13.5. The van der Waals surface area contributed by atoms with Gasteiger partial charge in [-0.15, -0.1) is 11.3 Å². The van der Waals surface area contributed by atoms with E-state index in [1.165, 1.54) is 75.8 Å². The number of rotatable bonds is 4. The highest BCUT2D eigenvalue weighted by Gasteiger charge is 2.51. The van der Waals surface area contributed by atoms with Crippen molar-refractivity contribution in [1.29, 1.82) is 0 Å². The Morgan fingerprint density at radius 3 is 1.59 bits per heavy atom. The van der Waals surface area contributed by atoms with Crippen LogP contribution in [-0.2, 0) is 5.41 Å². The smallest absolute Gasteiger partial charge is 0.0725 e. The van der Waals surface area contributed by atoms with Gasteiger partial charge in [0.2, 0.25) is 0 Å². The first-order chi connectivity index (χ1) is 25.3. The Balaban J connectivity index is 1.18. The van der Waals surface area contributed by atoms with E-state index in [1.807, 2.05) is 11.3 Å². The van der Waals surface area contributed by atoms with Gasteiger partial charge < -0.3 is 4.90 Å². The molecule has 238 valence electrons. The minimum Gasteiger partial charge on any atom is -0.310 e. The van der Waals surface area contributed by atoms with E-state index in [4.69, 9.17) is 0 Å². The largest absolute Gasteiger partial charge is 0.310 e. The van der Waals surface area contributed by atoms with Gasteiger partial charge in [-0.3, -0.25) is 0 Å². The Kier molecular flexibility index (Phi) is 6.11. The third kappa shape index (κ3) is 3.97. The van der Waals surface area contributed by atoms with Gasteiger partial charge in [-0.05, 0) is 86.5 Å². The molecule has 0 amide bonds. The molecule has 51 heavy (non-hydrogen) atoms. The molecule has 11 rings (SSSR count). The topological polar surface area (TPSA) is 3.24 Å². The summed E-state index contributed by atoms with van der Waals surface area (Å²) in [5, 5.41) is 2.62. The SMILES string of the molecule is c1ccc(-c2ccccc2N(c2ccc3c(c2)-c2ccccc2C32c3ccccc3-c3ccccc32)c2ccc3c(c2)sc2ccccc23)cc1. The predicted molar refractivity (Wildman–Crippen MR) is 216 cm³/mol. The molecule has 2 heteroatoms. The number of nitrogens with zero attached hydrogens (tertiary/aromatic N) is 1. The monoisotopic (exact) mass is 665 g/mol. The molecule has 8 aromatic carbocycles. The Hall–Kier alpha value is -6.22. The van der Waals surface area contributed by atoms with Gasteiger partial charge in [0.25, 0.3) is 0 Å². The number of anilines is 3. The molecule has 9 aromatic rings. The van der Waals surface area contributed by atoms with E-state index < -0.39 is 0 Å². The van der Waals surface area contributed by atoms with E-state index in [1.54, 1.807) is 0 Å². The molecule has 0 fully saturated rings. The number of para-hydroxylation sites is 1. The first-order valence-corrected chi connectivity index (χ1v) is 18.4. The molecule has 1 aromatic heterocycles. The van der Waals surface area contributed by atoms with Crippen LogP contribution in [0.5, 0.6) is 0 Å². The molecule has 1 nitrogen and oxygen atoms in total. The molecule has 0 unspecified atom stereocenters. The van der Waals surface area contributed by atoms with E-state index in [0.717, 1.165) is 17.1 Å². The summed E-state index contributed by atoms with van der Waals surface area (Å²) in [6, 6.07) is 69.7. The molecule has 0 radical (unpaired) electrons. The van der Waals surface area contributed by atoms with Gasteiger partial charge in [-0.1, -0.05) is 152 Å². The fourth-order valence-corrected chi connectivity index (χ4v) is 10.2. The van der Waals surface area contributed by atoms with Crippen molar-refractivity contribution in [2.24, 2.45) is 0 Å². The summed E-state index contributed by atoms with van der Waals surface area (Å²) in [6.45, 7) is 0. The van der Waals surface area contributed by atoms with Crippen LogP contribution < -0.4 is 4.90 Å². The quantitative estimate of drug-likeness (QED) is 0.181. The molecule has 0 N–H and O–H groups in total. The molecule has 0 bridgehead atoms. The lowest BCUT2D eigenvalue weighted by atomic mass is 9.70. The number of hydrogen-bond acceptors (Lipinski definition) is 2. The Labute approximate surface area is 301 Å². The average molecular weight is 666 g/mol. The van der Waals surface area contributed by atoms with E-state index in [2.05, 4.69) is 193 Å². The average Bonchev–Trinajstić information content (AvgIpc) is 3.82.